The molecule has 4 nitrogen and oxygen atoms in total. The van der Waals surface area contributed by atoms with Crippen LogP contribution in [-0.2, 0) is 11.3 Å². The van der Waals surface area contributed by atoms with E-state index in [2.05, 4.69) is 17.0 Å². The number of amides is 1. The van der Waals surface area contributed by atoms with Gasteiger partial charge in [-0.25, -0.2) is 0 Å². The zero-order valence-electron chi connectivity index (χ0n) is 15.8. The van der Waals surface area contributed by atoms with Crippen molar-refractivity contribution < 1.29 is 18.0 Å². The molecule has 3 rings (SSSR count). The van der Waals surface area contributed by atoms with Crippen LogP contribution < -0.4 is 0 Å². The molecule has 1 atom stereocenters. The second kappa shape index (κ2) is 8.61. The molecule has 1 aromatic rings. The van der Waals surface area contributed by atoms with Crippen molar-refractivity contribution >= 4 is 5.91 Å². The number of hydrogen-bond acceptors (Lipinski definition) is 3. The van der Waals surface area contributed by atoms with Crippen molar-refractivity contribution in [3.05, 3.63) is 35.9 Å². The van der Waals surface area contributed by atoms with E-state index in [1.807, 2.05) is 18.2 Å². The van der Waals surface area contributed by atoms with Crippen molar-refractivity contribution in [3.8, 4) is 0 Å². The quantitative estimate of drug-likeness (QED) is 0.800. The van der Waals surface area contributed by atoms with Gasteiger partial charge in [0.1, 0.15) is 6.04 Å². The maximum Gasteiger partial charge on any atom is 0.403 e. The summed E-state index contributed by atoms with van der Waals surface area (Å²) < 4.78 is 38.5. The van der Waals surface area contributed by atoms with Crippen LogP contribution in [0.5, 0.6) is 0 Å². The number of piperidine rings is 1. The van der Waals surface area contributed by atoms with Gasteiger partial charge in [0.2, 0.25) is 5.91 Å². The molecule has 1 amide bonds. The van der Waals surface area contributed by atoms with E-state index < -0.39 is 12.2 Å². The minimum atomic E-state index is -4.21. The lowest BCUT2D eigenvalue weighted by molar-refractivity contribution is -0.183. The highest BCUT2D eigenvalue weighted by molar-refractivity contribution is 5.79. The van der Waals surface area contributed by atoms with Crippen LogP contribution in [0.4, 0.5) is 13.2 Å². The third-order valence-corrected chi connectivity index (χ3v) is 5.83. The predicted molar refractivity (Wildman–Crippen MR) is 98.1 cm³/mol. The number of benzene rings is 1. The molecular weight excluding hydrogens is 355 g/mol. The Labute approximate surface area is 158 Å². The van der Waals surface area contributed by atoms with Gasteiger partial charge in [-0.05, 0) is 38.4 Å². The van der Waals surface area contributed by atoms with Gasteiger partial charge < -0.3 is 4.90 Å². The summed E-state index contributed by atoms with van der Waals surface area (Å²) in [5, 5.41) is 0. The molecule has 1 aromatic carbocycles. The molecule has 0 aromatic heterocycles. The Bertz CT molecular complexity index is 607. The van der Waals surface area contributed by atoms with Crippen LogP contribution in [0.3, 0.4) is 0 Å². The summed E-state index contributed by atoms with van der Waals surface area (Å²) in [6.45, 7) is 5.23. The zero-order chi connectivity index (χ0) is 19.4. The van der Waals surface area contributed by atoms with E-state index in [4.69, 9.17) is 0 Å². The standard InChI is InChI=1S/C20H28F3N3O/c1-16(20(21,22)23)25-11-13-26(14-12-25)19(27)18-7-9-24(10-8-18)15-17-5-3-2-4-6-17/h2-6,16,18H,7-15H2,1H3. The van der Waals surface area contributed by atoms with Gasteiger partial charge in [-0.2, -0.15) is 13.2 Å². The van der Waals surface area contributed by atoms with E-state index in [9.17, 15) is 18.0 Å². The molecule has 0 radical (unpaired) electrons. The van der Waals surface area contributed by atoms with E-state index in [0.717, 1.165) is 32.5 Å². The number of rotatable bonds is 4. The van der Waals surface area contributed by atoms with Crippen molar-refractivity contribution in [2.45, 2.75) is 38.5 Å². The number of halogens is 3. The highest BCUT2D eigenvalue weighted by atomic mass is 19.4. The number of piperazine rings is 1. The van der Waals surface area contributed by atoms with Crippen LogP contribution in [-0.4, -0.2) is 72.1 Å². The maximum absolute atomic E-state index is 12.8. The fraction of sp³-hybridized carbons (Fsp3) is 0.650. The molecule has 2 aliphatic heterocycles. The molecule has 27 heavy (non-hydrogen) atoms. The second-order valence-electron chi connectivity index (χ2n) is 7.61. The Morgan fingerprint density at radius 1 is 1.04 bits per heavy atom. The average molecular weight is 383 g/mol. The molecule has 7 heteroatoms. The highest BCUT2D eigenvalue weighted by Gasteiger charge is 2.41. The SMILES string of the molecule is CC(N1CCN(C(=O)C2CCN(Cc3ccccc3)CC2)CC1)C(F)(F)F. The van der Waals surface area contributed by atoms with Crippen molar-refractivity contribution in [1.29, 1.82) is 0 Å². The molecular formula is C20H28F3N3O. The molecule has 150 valence electrons. The summed E-state index contributed by atoms with van der Waals surface area (Å²) in [5.41, 5.74) is 1.28. The molecule has 0 spiro atoms. The predicted octanol–water partition coefficient (Wildman–Crippen LogP) is 2.99. The molecule has 0 bridgehead atoms. The summed E-state index contributed by atoms with van der Waals surface area (Å²) in [6, 6.07) is 8.84. The molecule has 2 fully saturated rings. The van der Waals surface area contributed by atoms with Crippen LogP contribution in [0.1, 0.15) is 25.3 Å². The van der Waals surface area contributed by atoms with Crippen LogP contribution in [0, 0.1) is 5.92 Å². The van der Waals surface area contributed by atoms with Crippen molar-refractivity contribution in [3.63, 3.8) is 0 Å². The largest absolute Gasteiger partial charge is 0.403 e. The first-order chi connectivity index (χ1) is 12.8. The average Bonchev–Trinajstić information content (AvgIpc) is 2.68. The normalized spacial score (nSPS) is 22.0. The maximum atomic E-state index is 12.8. The van der Waals surface area contributed by atoms with Crippen molar-refractivity contribution in [2.75, 3.05) is 39.3 Å². The minimum absolute atomic E-state index is 0.00335. The van der Waals surface area contributed by atoms with Gasteiger partial charge in [0, 0.05) is 38.6 Å². The lowest BCUT2D eigenvalue weighted by Crippen LogP contribution is -2.56. The topological polar surface area (TPSA) is 26.8 Å². The fourth-order valence-electron chi connectivity index (χ4n) is 3.97. The van der Waals surface area contributed by atoms with Gasteiger partial charge in [-0.3, -0.25) is 14.6 Å². The summed E-state index contributed by atoms with van der Waals surface area (Å²) >= 11 is 0. The fourth-order valence-corrected chi connectivity index (χ4v) is 3.97. The molecule has 0 aliphatic carbocycles. The first-order valence-corrected chi connectivity index (χ1v) is 9.70. The van der Waals surface area contributed by atoms with Gasteiger partial charge in [0.05, 0.1) is 0 Å². The summed E-state index contributed by atoms with van der Waals surface area (Å²) in [4.78, 5) is 18.3. The van der Waals surface area contributed by atoms with Crippen LogP contribution in [0.2, 0.25) is 0 Å². The number of nitrogens with zero attached hydrogens (tertiary/aromatic N) is 3. The van der Waals surface area contributed by atoms with Gasteiger partial charge in [-0.15, -0.1) is 0 Å². The van der Waals surface area contributed by atoms with Crippen molar-refractivity contribution in [2.24, 2.45) is 5.92 Å². The summed E-state index contributed by atoms with van der Waals surface area (Å²) in [6.07, 6.45) is -2.56. The molecule has 1 unspecified atom stereocenters. The van der Waals surface area contributed by atoms with E-state index in [1.165, 1.54) is 17.4 Å². The summed E-state index contributed by atoms with van der Waals surface area (Å²) in [5.74, 6) is 0.122. The molecule has 2 heterocycles. The Kier molecular flexibility index (Phi) is 6.42. The Hall–Kier alpha value is -1.60. The Morgan fingerprint density at radius 3 is 2.19 bits per heavy atom. The lowest BCUT2D eigenvalue weighted by atomic mass is 9.94. The third kappa shape index (κ3) is 5.23. The Morgan fingerprint density at radius 2 is 1.63 bits per heavy atom. The number of hydrogen-bond donors (Lipinski definition) is 0. The van der Waals surface area contributed by atoms with Gasteiger partial charge >= 0.3 is 6.18 Å². The lowest BCUT2D eigenvalue weighted by Gasteiger charge is -2.40. The summed E-state index contributed by atoms with van der Waals surface area (Å²) in [7, 11) is 0. The van der Waals surface area contributed by atoms with Crippen LogP contribution >= 0.6 is 0 Å². The smallest absolute Gasteiger partial charge is 0.340 e. The van der Waals surface area contributed by atoms with Gasteiger partial charge in [0.25, 0.3) is 0 Å². The zero-order valence-corrected chi connectivity index (χ0v) is 15.8. The number of carbonyl (C=O) groups excluding carboxylic acids is 1. The van der Waals surface area contributed by atoms with E-state index in [1.54, 1.807) is 4.90 Å². The Balaban J connectivity index is 1.43. The van der Waals surface area contributed by atoms with Crippen LogP contribution in [0.25, 0.3) is 0 Å². The first-order valence-electron chi connectivity index (χ1n) is 9.70. The first kappa shape index (κ1) is 20.1. The third-order valence-electron chi connectivity index (χ3n) is 5.83. The molecule has 2 saturated heterocycles. The van der Waals surface area contributed by atoms with Gasteiger partial charge in [0.15, 0.2) is 0 Å². The van der Waals surface area contributed by atoms with Gasteiger partial charge in [-0.1, -0.05) is 30.3 Å². The number of carbonyl (C=O) groups is 1. The highest BCUT2D eigenvalue weighted by Crippen LogP contribution is 2.26. The van der Waals surface area contributed by atoms with E-state index in [0.29, 0.717) is 26.2 Å². The van der Waals surface area contributed by atoms with Crippen LogP contribution in [0.15, 0.2) is 30.3 Å². The molecule has 0 N–H and O–H groups in total. The van der Waals surface area contributed by atoms with E-state index in [-0.39, 0.29) is 11.8 Å². The minimum Gasteiger partial charge on any atom is -0.340 e. The molecule has 0 saturated carbocycles. The number of alkyl halides is 3. The monoisotopic (exact) mass is 383 g/mol. The second-order valence-corrected chi connectivity index (χ2v) is 7.61. The number of likely N-dealkylation sites (tertiary alicyclic amines) is 1. The van der Waals surface area contributed by atoms with E-state index >= 15 is 0 Å². The molecule has 2 aliphatic rings. The van der Waals surface area contributed by atoms with Crippen molar-refractivity contribution in [1.82, 2.24) is 14.7 Å².